The predicted octanol–water partition coefficient (Wildman–Crippen LogP) is 2.99. The number of hydrogen-bond donors (Lipinski definition) is 2. The summed E-state index contributed by atoms with van der Waals surface area (Å²) in [6.07, 6.45) is 0.801. The van der Waals surface area contributed by atoms with Crippen LogP contribution >= 0.6 is 22.7 Å². The first-order valence-corrected chi connectivity index (χ1v) is 9.91. The number of aryl methyl sites for hydroxylation is 2. The molecule has 2 aromatic rings. The van der Waals surface area contributed by atoms with Crippen LogP contribution < -0.4 is 10.0 Å². The van der Waals surface area contributed by atoms with Gasteiger partial charge in [-0.05, 0) is 36.9 Å². The average molecular weight is 346 g/mol. The number of aromatic nitrogens is 1. The Morgan fingerprint density at radius 1 is 1.33 bits per heavy atom. The van der Waals surface area contributed by atoms with Crippen LogP contribution in [0.2, 0.25) is 0 Å². The van der Waals surface area contributed by atoms with Crippen LogP contribution in [0.25, 0.3) is 0 Å². The van der Waals surface area contributed by atoms with E-state index in [9.17, 15) is 8.42 Å². The van der Waals surface area contributed by atoms with Crippen molar-refractivity contribution in [1.82, 2.24) is 10.3 Å². The van der Waals surface area contributed by atoms with Crippen molar-refractivity contribution in [3.05, 3.63) is 27.6 Å². The molecular weight excluding hydrogens is 326 g/mol. The molecular formula is C13H19N3O2S3. The maximum Gasteiger partial charge on any atom is 0.273 e. The van der Waals surface area contributed by atoms with Gasteiger partial charge >= 0.3 is 0 Å². The van der Waals surface area contributed by atoms with Crippen LogP contribution in [0.1, 0.15) is 30.0 Å². The third kappa shape index (κ3) is 4.03. The number of hydrogen-bond acceptors (Lipinski definition) is 6. The first kappa shape index (κ1) is 16.4. The van der Waals surface area contributed by atoms with E-state index in [1.54, 1.807) is 6.07 Å². The zero-order valence-electron chi connectivity index (χ0n) is 12.3. The SMILES string of the molecule is CCNCc1csc(S(=O)(=O)Nc2nc(CC)c(C)s2)c1. The van der Waals surface area contributed by atoms with E-state index in [1.807, 2.05) is 26.2 Å². The predicted molar refractivity (Wildman–Crippen MR) is 88.7 cm³/mol. The number of nitrogens with one attached hydrogen (secondary N) is 2. The van der Waals surface area contributed by atoms with E-state index < -0.39 is 10.0 Å². The van der Waals surface area contributed by atoms with Crippen molar-refractivity contribution in [2.45, 2.75) is 37.9 Å². The largest absolute Gasteiger partial charge is 0.313 e. The molecule has 0 unspecified atom stereocenters. The third-order valence-corrected chi connectivity index (χ3v) is 6.81. The number of nitrogens with zero attached hydrogens (tertiary/aromatic N) is 1. The van der Waals surface area contributed by atoms with Crippen molar-refractivity contribution < 1.29 is 8.42 Å². The summed E-state index contributed by atoms with van der Waals surface area (Å²) in [6, 6.07) is 1.71. The van der Waals surface area contributed by atoms with E-state index >= 15 is 0 Å². The Bertz CT molecular complexity index is 704. The summed E-state index contributed by atoms with van der Waals surface area (Å²) in [4.78, 5) is 5.37. The fourth-order valence-corrected chi connectivity index (χ4v) is 5.17. The normalized spacial score (nSPS) is 11.8. The standard InChI is InChI=1S/C13H19N3O2S3/c1-4-11-9(3)20-13(15-11)16-21(17,18)12-6-10(8-19-12)7-14-5-2/h6,8,14H,4-5,7H2,1-3H3,(H,15,16). The number of thiophene rings is 1. The van der Waals surface area contributed by atoms with E-state index in [1.165, 1.54) is 22.7 Å². The van der Waals surface area contributed by atoms with Crippen LogP contribution in [-0.2, 0) is 23.0 Å². The molecule has 0 spiro atoms. The highest BCUT2D eigenvalue weighted by molar-refractivity contribution is 7.94. The Kier molecular flexibility index (Phi) is 5.37. The minimum absolute atomic E-state index is 0.321. The maximum atomic E-state index is 12.3. The molecule has 0 aliphatic carbocycles. The van der Waals surface area contributed by atoms with E-state index in [0.717, 1.165) is 29.1 Å². The zero-order chi connectivity index (χ0) is 15.5. The van der Waals surface area contributed by atoms with Crippen LogP contribution in [-0.4, -0.2) is 19.9 Å². The van der Waals surface area contributed by atoms with Gasteiger partial charge in [-0.1, -0.05) is 13.8 Å². The highest BCUT2D eigenvalue weighted by atomic mass is 32.2. The Morgan fingerprint density at radius 3 is 2.71 bits per heavy atom. The lowest BCUT2D eigenvalue weighted by molar-refractivity contribution is 0.603. The molecule has 2 rings (SSSR count). The van der Waals surface area contributed by atoms with Gasteiger partial charge in [-0.15, -0.1) is 22.7 Å². The average Bonchev–Trinajstić information content (AvgIpc) is 3.03. The topological polar surface area (TPSA) is 71.1 Å². The summed E-state index contributed by atoms with van der Waals surface area (Å²) in [5.41, 5.74) is 1.92. The molecule has 0 fully saturated rings. The van der Waals surface area contributed by atoms with E-state index in [4.69, 9.17) is 0 Å². The minimum Gasteiger partial charge on any atom is -0.313 e. The van der Waals surface area contributed by atoms with Gasteiger partial charge < -0.3 is 5.32 Å². The molecule has 2 N–H and O–H groups in total. The van der Waals surface area contributed by atoms with Gasteiger partial charge in [0.25, 0.3) is 10.0 Å². The van der Waals surface area contributed by atoms with Gasteiger partial charge in [0.1, 0.15) is 4.21 Å². The number of thiazole rings is 1. The van der Waals surface area contributed by atoms with Crippen LogP contribution in [0.4, 0.5) is 5.13 Å². The summed E-state index contributed by atoms with van der Waals surface area (Å²) < 4.78 is 27.6. The lowest BCUT2D eigenvalue weighted by atomic mass is 10.3. The Hall–Kier alpha value is -0.960. The first-order chi connectivity index (χ1) is 9.96. The molecule has 21 heavy (non-hydrogen) atoms. The second-order valence-electron chi connectivity index (χ2n) is 4.54. The molecule has 0 aliphatic rings. The summed E-state index contributed by atoms with van der Waals surface area (Å²) in [6.45, 7) is 7.51. The first-order valence-electron chi connectivity index (χ1n) is 6.73. The van der Waals surface area contributed by atoms with Crippen LogP contribution in [0, 0.1) is 6.92 Å². The zero-order valence-corrected chi connectivity index (χ0v) is 14.7. The molecule has 0 bridgehead atoms. The smallest absolute Gasteiger partial charge is 0.273 e. The number of sulfonamides is 1. The summed E-state index contributed by atoms with van der Waals surface area (Å²) >= 11 is 2.60. The molecule has 2 heterocycles. The van der Waals surface area contributed by atoms with Gasteiger partial charge in [0, 0.05) is 11.4 Å². The van der Waals surface area contributed by atoms with Crippen LogP contribution in [0.15, 0.2) is 15.7 Å². The molecule has 2 aromatic heterocycles. The van der Waals surface area contributed by atoms with Crippen molar-refractivity contribution in [3.8, 4) is 0 Å². The van der Waals surface area contributed by atoms with Crippen molar-refractivity contribution in [2.75, 3.05) is 11.3 Å². The lowest BCUT2D eigenvalue weighted by Gasteiger charge is -2.01. The molecule has 0 aliphatic heterocycles. The maximum absolute atomic E-state index is 12.3. The number of anilines is 1. The van der Waals surface area contributed by atoms with E-state index in [-0.39, 0.29) is 0 Å². The van der Waals surface area contributed by atoms with Crippen LogP contribution in [0.5, 0.6) is 0 Å². The quantitative estimate of drug-likeness (QED) is 0.809. The monoisotopic (exact) mass is 345 g/mol. The highest BCUT2D eigenvalue weighted by Crippen LogP contribution is 2.27. The van der Waals surface area contributed by atoms with Crippen LogP contribution in [0.3, 0.4) is 0 Å². The summed E-state index contributed by atoms with van der Waals surface area (Å²) in [7, 11) is -3.54. The molecule has 0 saturated heterocycles. The number of rotatable bonds is 7. The lowest BCUT2D eigenvalue weighted by Crippen LogP contribution is -2.12. The summed E-state index contributed by atoms with van der Waals surface area (Å²) in [5.74, 6) is 0. The van der Waals surface area contributed by atoms with E-state index in [0.29, 0.717) is 15.9 Å². The molecule has 0 amide bonds. The van der Waals surface area contributed by atoms with Gasteiger partial charge in [0.05, 0.1) is 5.69 Å². The third-order valence-electron chi connectivity index (χ3n) is 2.92. The Morgan fingerprint density at radius 2 is 2.10 bits per heavy atom. The van der Waals surface area contributed by atoms with Crippen molar-refractivity contribution in [3.63, 3.8) is 0 Å². The fourth-order valence-electron chi connectivity index (χ4n) is 1.82. The molecule has 0 aromatic carbocycles. The molecule has 5 nitrogen and oxygen atoms in total. The van der Waals surface area contributed by atoms with E-state index in [2.05, 4.69) is 15.0 Å². The minimum atomic E-state index is -3.54. The van der Waals surface area contributed by atoms with Gasteiger partial charge in [-0.25, -0.2) is 13.4 Å². The Labute approximate surface area is 133 Å². The Balaban J connectivity index is 2.15. The van der Waals surface area contributed by atoms with Gasteiger partial charge in [0.2, 0.25) is 0 Å². The summed E-state index contributed by atoms with van der Waals surface area (Å²) in [5, 5.41) is 5.48. The van der Waals surface area contributed by atoms with Gasteiger partial charge in [-0.3, -0.25) is 4.72 Å². The molecule has 116 valence electrons. The van der Waals surface area contributed by atoms with Gasteiger partial charge in [-0.2, -0.15) is 0 Å². The second kappa shape index (κ2) is 6.87. The van der Waals surface area contributed by atoms with Crippen molar-refractivity contribution in [2.24, 2.45) is 0 Å². The van der Waals surface area contributed by atoms with Crippen molar-refractivity contribution >= 4 is 37.8 Å². The van der Waals surface area contributed by atoms with Gasteiger partial charge in [0.15, 0.2) is 5.13 Å². The molecule has 8 heteroatoms. The molecule has 0 radical (unpaired) electrons. The molecule has 0 saturated carbocycles. The molecule has 0 atom stereocenters. The van der Waals surface area contributed by atoms with Crippen molar-refractivity contribution in [1.29, 1.82) is 0 Å². The highest BCUT2D eigenvalue weighted by Gasteiger charge is 2.19. The second-order valence-corrected chi connectivity index (χ2v) is 8.56. The fraction of sp³-hybridized carbons (Fsp3) is 0.462.